The second-order valence-electron chi connectivity index (χ2n) is 4.72. The monoisotopic (exact) mass is 280 g/mol. The summed E-state index contributed by atoms with van der Waals surface area (Å²) < 4.78 is 0. The van der Waals surface area contributed by atoms with Crippen LogP contribution in [0.25, 0.3) is 5.70 Å². The van der Waals surface area contributed by atoms with E-state index in [-0.39, 0.29) is 0 Å². The number of benzene rings is 1. The Hall–Kier alpha value is -0.990. The highest BCUT2D eigenvalue weighted by atomic mass is 35.5. The van der Waals surface area contributed by atoms with Gasteiger partial charge in [0.1, 0.15) is 5.84 Å². The summed E-state index contributed by atoms with van der Waals surface area (Å²) in [5.74, 6) is 1.10. The molecule has 0 N–H and O–H groups in total. The van der Waals surface area contributed by atoms with E-state index < -0.39 is 0 Å². The summed E-state index contributed by atoms with van der Waals surface area (Å²) in [6, 6.07) is 3.62. The summed E-state index contributed by atoms with van der Waals surface area (Å²) in [6.45, 7) is 5.17. The van der Waals surface area contributed by atoms with Gasteiger partial charge in [-0.2, -0.15) is 0 Å². The van der Waals surface area contributed by atoms with Crippen molar-refractivity contribution >= 4 is 40.4 Å². The van der Waals surface area contributed by atoms with Crippen LogP contribution in [0.15, 0.2) is 23.7 Å². The molecular formula is C14H14Cl2N2. The van der Waals surface area contributed by atoms with Crippen LogP contribution in [0, 0.1) is 0 Å². The Bertz CT molecular complexity index is 549. The van der Waals surface area contributed by atoms with Gasteiger partial charge in [-0.3, -0.25) is 0 Å². The Kier molecular flexibility index (Phi) is 3.08. The van der Waals surface area contributed by atoms with Crippen molar-refractivity contribution in [1.82, 2.24) is 4.90 Å². The Morgan fingerprint density at radius 3 is 2.83 bits per heavy atom. The zero-order chi connectivity index (χ0) is 12.7. The van der Waals surface area contributed by atoms with Gasteiger partial charge in [-0.05, 0) is 25.0 Å². The summed E-state index contributed by atoms with van der Waals surface area (Å²) in [7, 11) is 0. The van der Waals surface area contributed by atoms with Crippen molar-refractivity contribution in [3.05, 3.63) is 34.3 Å². The van der Waals surface area contributed by atoms with E-state index in [1.54, 1.807) is 6.07 Å². The van der Waals surface area contributed by atoms with Gasteiger partial charge in [-0.25, -0.2) is 4.99 Å². The average Bonchev–Trinajstić information content (AvgIpc) is 2.53. The molecule has 0 aliphatic carbocycles. The molecule has 3 rings (SSSR count). The molecule has 2 heterocycles. The first-order valence-corrected chi connectivity index (χ1v) is 6.96. The largest absolute Gasteiger partial charge is 0.330 e. The molecule has 1 aromatic carbocycles. The number of fused-ring (bicyclic) bond motifs is 2. The molecule has 0 aromatic heterocycles. The highest BCUT2D eigenvalue weighted by Crippen LogP contribution is 2.41. The van der Waals surface area contributed by atoms with Gasteiger partial charge in [-0.1, -0.05) is 36.2 Å². The van der Waals surface area contributed by atoms with Crippen molar-refractivity contribution in [1.29, 1.82) is 0 Å². The van der Waals surface area contributed by atoms with Crippen molar-refractivity contribution in [3.63, 3.8) is 0 Å². The molecule has 1 aromatic rings. The quantitative estimate of drug-likeness (QED) is 0.661. The predicted molar refractivity (Wildman–Crippen MR) is 77.8 cm³/mol. The van der Waals surface area contributed by atoms with Crippen LogP contribution in [-0.4, -0.2) is 17.3 Å². The lowest BCUT2D eigenvalue weighted by molar-refractivity contribution is 0.557. The molecular weight excluding hydrogens is 267 g/mol. The van der Waals surface area contributed by atoms with E-state index >= 15 is 0 Å². The molecule has 18 heavy (non-hydrogen) atoms. The molecule has 0 atom stereocenters. The second-order valence-corrected chi connectivity index (χ2v) is 5.56. The number of hydrogen-bond acceptors (Lipinski definition) is 2. The zero-order valence-corrected chi connectivity index (χ0v) is 11.6. The first-order valence-electron chi connectivity index (χ1n) is 6.20. The summed E-state index contributed by atoms with van der Waals surface area (Å²) in [5.41, 5.74) is 2.73. The number of nitrogens with zero attached hydrogens (tertiary/aromatic N) is 2. The van der Waals surface area contributed by atoms with Crippen molar-refractivity contribution in [3.8, 4) is 0 Å². The lowest BCUT2D eigenvalue weighted by atomic mass is 10.1. The first kappa shape index (κ1) is 12.1. The molecule has 0 spiro atoms. The Morgan fingerprint density at radius 2 is 2.00 bits per heavy atom. The van der Waals surface area contributed by atoms with Crippen LogP contribution < -0.4 is 0 Å². The van der Waals surface area contributed by atoms with E-state index in [2.05, 4.69) is 11.5 Å². The summed E-state index contributed by atoms with van der Waals surface area (Å²) >= 11 is 12.3. The van der Waals surface area contributed by atoms with Crippen LogP contribution in [0.4, 0.5) is 5.69 Å². The molecule has 0 radical (unpaired) electrons. The van der Waals surface area contributed by atoms with Crippen molar-refractivity contribution in [2.45, 2.75) is 25.7 Å². The minimum Gasteiger partial charge on any atom is -0.330 e. The van der Waals surface area contributed by atoms with Gasteiger partial charge < -0.3 is 4.90 Å². The molecule has 0 bridgehead atoms. The molecule has 0 unspecified atom stereocenters. The molecule has 4 heteroatoms. The van der Waals surface area contributed by atoms with Gasteiger partial charge in [0.15, 0.2) is 0 Å². The van der Waals surface area contributed by atoms with E-state index in [1.165, 1.54) is 19.3 Å². The van der Waals surface area contributed by atoms with Crippen LogP contribution in [-0.2, 0) is 0 Å². The smallest absolute Gasteiger partial charge is 0.109 e. The second kappa shape index (κ2) is 4.60. The first-order chi connectivity index (χ1) is 8.66. The van der Waals surface area contributed by atoms with Gasteiger partial charge >= 0.3 is 0 Å². The molecule has 0 amide bonds. The number of amidine groups is 1. The van der Waals surface area contributed by atoms with Gasteiger partial charge in [0.25, 0.3) is 0 Å². The predicted octanol–water partition coefficient (Wildman–Crippen LogP) is 4.88. The lowest BCUT2D eigenvalue weighted by Gasteiger charge is -2.31. The minimum atomic E-state index is 0.623. The molecule has 0 saturated carbocycles. The van der Waals surface area contributed by atoms with E-state index in [0.717, 1.165) is 35.7 Å². The molecule has 2 aliphatic heterocycles. The molecule has 94 valence electrons. The topological polar surface area (TPSA) is 15.6 Å². The fourth-order valence-corrected chi connectivity index (χ4v) is 3.20. The highest BCUT2D eigenvalue weighted by molar-refractivity contribution is 6.36. The number of aliphatic imine (C=N–C) groups is 1. The van der Waals surface area contributed by atoms with Gasteiger partial charge in [0.05, 0.1) is 10.7 Å². The fourth-order valence-electron chi connectivity index (χ4n) is 2.61. The van der Waals surface area contributed by atoms with E-state index in [9.17, 15) is 0 Å². The standard InChI is InChI=1S/C14H14Cl2N2/c1-9-14-11(16)7-10(15)8-12(14)17-13-5-3-2-4-6-18(9)13/h7-8H,1-6H2. The third-order valence-electron chi connectivity index (χ3n) is 3.49. The number of rotatable bonds is 0. The van der Waals surface area contributed by atoms with Gasteiger partial charge in [0.2, 0.25) is 0 Å². The van der Waals surface area contributed by atoms with Crippen LogP contribution in [0.2, 0.25) is 10.0 Å². The van der Waals surface area contributed by atoms with Gasteiger partial charge in [0, 0.05) is 29.2 Å². The molecule has 2 nitrogen and oxygen atoms in total. The Labute approximate surface area is 117 Å². The van der Waals surface area contributed by atoms with E-state index in [0.29, 0.717) is 10.0 Å². The maximum absolute atomic E-state index is 6.27. The summed E-state index contributed by atoms with van der Waals surface area (Å²) in [5, 5.41) is 1.26. The van der Waals surface area contributed by atoms with Gasteiger partial charge in [-0.15, -0.1) is 0 Å². The average molecular weight is 281 g/mol. The van der Waals surface area contributed by atoms with E-state index in [4.69, 9.17) is 28.2 Å². The normalized spacial score (nSPS) is 18.9. The highest BCUT2D eigenvalue weighted by Gasteiger charge is 2.26. The van der Waals surface area contributed by atoms with Crippen molar-refractivity contribution in [2.24, 2.45) is 4.99 Å². The zero-order valence-electron chi connectivity index (χ0n) is 10.0. The number of halogens is 2. The summed E-state index contributed by atoms with van der Waals surface area (Å²) in [4.78, 5) is 6.92. The number of hydrogen-bond donors (Lipinski definition) is 0. The van der Waals surface area contributed by atoms with Crippen LogP contribution in [0.3, 0.4) is 0 Å². The Balaban J connectivity index is 2.15. The van der Waals surface area contributed by atoms with Crippen molar-refractivity contribution < 1.29 is 0 Å². The maximum atomic E-state index is 6.27. The molecule has 1 saturated heterocycles. The van der Waals surface area contributed by atoms with Crippen LogP contribution >= 0.6 is 23.2 Å². The summed E-state index contributed by atoms with van der Waals surface area (Å²) in [6.07, 6.45) is 4.61. The van der Waals surface area contributed by atoms with E-state index in [1.807, 2.05) is 6.07 Å². The molecule has 2 aliphatic rings. The van der Waals surface area contributed by atoms with Crippen LogP contribution in [0.1, 0.15) is 31.2 Å². The third-order valence-corrected chi connectivity index (χ3v) is 4.01. The molecule has 1 fully saturated rings. The lowest BCUT2D eigenvalue weighted by Crippen LogP contribution is -2.30. The minimum absolute atomic E-state index is 0.623. The third kappa shape index (κ3) is 1.94. The van der Waals surface area contributed by atoms with Crippen molar-refractivity contribution in [2.75, 3.05) is 6.54 Å². The maximum Gasteiger partial charge on any atom is 0.109 e. The SMILES string of the molecule is C=C1c2c(Cl)cc(Cl)cc2N=C2CCCCCN12. The fraction of sp³-hybridized carbons (Fsp3) is 0.357. The Morgan fingerprint density at radius 1 is 1.17 bits per heavy atom. The van der Waals surface area contributed by atoms with Crippen LogP contribution in [0.5, 0.6) is 0 Å².